The molecule has 17 heavy (non-hydrogen) atoms. The molecule has 1 aromatic carbocycles. The van der Waals surface area contributed by atoms with E-state index in [9.17, 15) is 15.0 Å². The van der Waals surface area contributed by atoms with Gasteiger partial charge in [-0.2, -0.15) is 0 Å². The number of carbonyl (C=O) groups excluding carboxylic acids is 1. The molecule has 94 valence electrons. The van der Waals surface area contributed by atoms with Gasteiger partial charge in [-0.05, 0) is 23.5 Å². The van der Waals surface area contributed by atoms with Crippen LogP contribution in [0.4, 0.5) is 0 Å². The van der Waals surface area contributed by atoms with Crippen LogP contribution in [0.2, 0.25) is 0 Å². The fourth-order valence-electron chi connectivity index (χ4n) is 1.66. The Morgan fingerprint density at radius 1 is 1.24 bits per heavy atom. The number of rotatable bonds is 5. The topological polar surface area (TPSA) is 83.6 Å². The second kappa shape index (κ2) is 5.80. The number of benzene rings is 1. The highest BCUT2D eigenvalue weighted by molar-refractivity contribution is 5.79. The molecule has 0 spiro atoms. The molecule has 2 atom stereocenters. The van der Waals surface area contributed by atoms with Crippen molar-refractivity contribution in [3.05, 3.63) is 35.4 Å². The monoisotopic (exact) mass is 237 g/mol. The van der Waals surface area contributed by atoms with Crippen LogP contribution in [0, 0.1) is 5.92 Å². The van der Waals surface area contributed by atoms with Crippen molar-refractivity contribution in [3.63, 3.8) is 0 Å². The van der Waals surface area contributed by atoms with Crippen molar-refractivity contribution in [2.75, 3.05) is 0 Å². The van der Waals surface area contributed by atoms with Crippen LogP contribution in [0.1, 0.15) is 31.1 Å². The highest BCUT2D eigenvalue weighted by Gasteiger charge is 2.23. The molecule has 0 heterocycles. The fourth-order valence-corrected chi connectivity index (χ4v) is 1.66. The molecule has 4 nitrogen and oxygen atoms in total. The third-order valence-corrected chi connectivity index (χ3v) is 2.56. The first-order valence-electron chi connectivity index (χ1n) is 5.66. The molecule has 4 heteroatoms. The number of aliphatic hydroxyl groups is 2. The third kappa shape index (κ3) is 3.84. The molecule has 0 radical (unpaired) electrons. The lowest BCUT2D eigenvalue weighted by Crippen LogP contribution is -2.33. The molecule has 0 bridgehead atoms. The summed E-state index contributed by atoms with van der Waals surface area (Å²) in [6, 6.07) is 7.17. The van der Waals surface area contributed by atoms with E-state index in [0.29, 0.717) is 11.5 Å². The minimum atomic E-state index is -1.56. The van der Waals surface area contributed by atoms with Gasteiger partial charge in [-0.1, -0.05) is 38.1 Å². The van der Waals surface area contributed by atoms with Crippen molar-refractivity contribution in [3.8, 4) is 0 Å². The quantitative estimate of drug-likeness (QED) is 0.707. The van der Waals surface area contributed by atoms with E-state index < -0.39 is 18.1 Å². The van der Waals surface area contributed by atoms with Crippen LogP contribution < -0.4 is 5.73 Å². The maximum absolute atomic E-state index is 10.7. The van der Waals surface area contributed by atoms with E-state index in [1.807, 2.05) is 12.1 Å². The summed E-state index contributed by atoms with van der Waals surface area (Å²) < 4.78 is 0. The molecule has 0 aromatic heterocycles. The van der Waals surface area contributed by atoms with E-state index in [0.717, 1.165) is 12.0 Å². The normalized spacial score (nSPS) is 14.6. The zero-order chi connectivity index (χ0) is 13.0. The van der Waals surface area contributed by atoms with Crippen LogP contribution in [0.15, 0.2) is 24.3 Å². The van der Waals surface area contributed by atoms with E-state index in [-0.39, 0.29) is 0 Å². The molecule has 0 aliphatic heterocycles. The molecule has 1 amide bonds. The summed E-state index contributed by atoms with van der Waals surface area (Å²) >= 11 is 0. The first-order chi connectivity index (χ1) is 7.91. The lowest BCUT2D eigenvalue weighted by Gasteiger charge is -2.15. The number of nitrogens with two attached hydrogens (primary N) is 1. The molecule has 1 aromatic rings. The van der Waals surface area contributed by atoms with Crippen LogP contribution in [-0.4, -0.2) is 22.2 Å². The summed E-state index contributed by atoms with van der Waals surface area (Å²) in [4.78, 5) is 10.7. The van der Waals surface area contributed by atoms with Crippen molar-refractivity contribution >= 4 is 5.91 Å². The second-order valence-electron chi connectivity index (χ2n) is 4.63. The maximum Gasteiger partial charge on any atom is 0.249 e. The van der Waals surface area contributed by atoms with Gasteiger partial charge in [0.1, 0.15) is 6.10 Å². The van der Waals surface area contributed by atoms with Crippen LogP contribution in [0.3, 0.4) is 0 Å². The Labute approximate surface area is 101 Å². The van der Waals surface area contributed by atoms with Crippen molar-refractivity contribution in [2.45, 2.75) is 32.5 Å². The average molecular weight is 237 g/mol. The van der Waals surface area contributed by atoms with E-state index in [4.69, 9.17) is 5.73 Å². The number of hydrogen-bond donors (Lipinski definition) is 3. The number of hydrogen-bond acceptors (Lipinski definition) is 3. The lowest BCUT2D eigenvalue weighted by molar-refractivity contribution is -0.131. The highest BCUT2D eigenvalue weighted by Crippen LogP contribution is 2.18. The molecule has 0 aliphatic carbocycles. The van der Waals surface area contributed by atoms with Gasteiger partial charge < -0.3 is 15.9 Å². The lowest BCUT2D eigenvalue weighted by atomic mass is 9.98. The van der Waals surface area contributed by atoms with Crippen LogP contribution in [-0.2, 0) is 11.2 Å². The van der Waals surface area contributed by atoms with Crippen molar-refractivity contribution in [1.82, 2.24) is 0 Å². The number of carbonyl (C=O) groups is 1. The number of amides is 1. The molecular formula is C13H19NO3. The largest absolute Gasteiger partial charge is 0.385 e. The Morgan fingerprint density at radius 3 is 2.18 bits per heavy atom. The summed E-state index contributed by atoms with van der Waals surface area (Å²) in [5, 5.41) is 19.0. The van der Waals surface area contributed by atoms with E-state index in [1.165, 1.54) is 0 Å². The molecular weight excluding hydrogens is 218 g/mol. The minimum absolute atomic E-state index is 0.490. The Bertz CT molecular complexity index is 373. The smallest absolute Gasteiger partial charge is 0.249 e. The molecule has 0 aliphatic rings. The van der Waals surface area contributed by atoms with Gasteiger partial charge in [-0.3, -0.25) is 4.79 Å². The molecule has 4 N–H and O–H groups in total. The molecule has 2 unspecified atom stereocenters. The highest BCUT2D eigenvalue weighted by atomic mass is 16.3. The molecule has 0 saturated heterocycles. The van der Waals surface area contributed by atoms with Gasteiger partial charge in [0.2, 0.25) is 5.91 Å². The van der Waals surface area contributed by atoms with E-state index in [2.05, 4.69) is 13.8 Å². The van der Waals surface area contributed by atoms with E-state index in [1.54, 1.807) is 12.1 Å². The zero-order valence-electron chi connectivity index (χ0n) is 10.1. The van der Waals surface area contributed by atoms with Gasteiger partial charge in [0.15, 0.2) is 6.10 Å². The first kappa shape index (κ1) is 13.7. The summed E-state index contributed by atoms with van der Waals surface area (Å²) in [7, 11) is 0. The predicted molar refractivity (Wildman–Crippen MR) is 65.1 cm³/mol. The van der Waals surface area contributed by atoms with Gasteiger partial charge >= 0.3 is 0 Å². The third-order valence-electron chi connectivity index (χ3n) is 2.56. The summed E-state index contributed by atoms with van der Waals surface area (Å²) in [5.74, 6) is -0.370. The van der Waals surface area contributed by atoms with Crippen LogP contribution in [0.25, 0.3) is 0 Å². The number of aliphatic hydroxyl groups excluding tert-OH is 2. The van der Waals surface area contributed by atoms with Crippen molar-refractivity contribution < 1.29 is 15.0 Å². The predicted octanol–water partition coefficient (Wildman–Crippen LogP) is 0.765. The molecule has 0 fully saturated rings. The van der Waals surface area contributed by atoms with Gasteiger partial charge in [0.05, 0.1) is 0 Å². The van der Waals surface area contributed by atoms with Crippen LogP contribution in [0.5, 0.6) is 0 Å². The maximum atomic E-state index is 10.7. The Balaban J connectivity index is 2.76. The Kier molecular flexibility index (Phi) is 4.66. The second-order valence-corrected chi connectivity index (χ2v) is 4.63. The Hall–Kier alpha value is -1.39. The first-order valence-corrected chi connectivity index (χ1v) is 5.66. The molecule has 1 rings (SSSR count). The van der Waals surface area contributed by atoms with Gasteiger partial charge in [-0.15, -0.1) is 0 Å². The standard InChI is InChI=1S/C13H19NO3/c1-8(2)7-9-3-5-10(6-4-9)11(15)12(16)13(14)17/h3-6,8,11-12,15-16H,7H2,1-2H3,(H2,14,17). The SMILES string of the molecule is CC(C)Cc1ccc(C(O)C(O)C(N)=O)cc1. The average Bonchev–Trinajstić information content (AvgIpc) is 2.27. The molecule has 0 saturated carbocycles. The van der Waals surface area contributed by atoms with Crippen molar-refractivity contribution in [1.29, 1.82) is 0 Å². The summed E-state index contributed by atoms with van der Waals surface area (Å²) in [6.07, 6.45) is -1.87. The number of primary amides is 1. The van der Waals surface area contributed by atoms with Gasteiger partial charge in [0, 0.05) is 0 Å². The Morgan fingerprint density at radius 2 is 1.76 bits per heavy atom. The van der Waals surface area contributed by atoms with E-state index >= 15 is 0 Å². The zero-order valence-corrected chi connectivity index (χ0v) is 10.1. The van der Waals surface area contributed by atoms with Crippen LogP contribution >= 0.6 is 0 Å². The van der Waals surface area contributed by atoms with Gasteiger partial charge in [0.25, 0.3) is 0 Å². The van der Waals surface area contributed by atoms with Gasteiger partial charge in [-0.25, -0.2) is 0 Å². The minimum Gasteiger partial charge on any atom is -0.385 e. The van der Waals surface area contributed by atoms with Crippen molar-refractivity contribution in [2.24, 2.45) is 11.7 Å². The summed E-state index contributed by atoms with van der Waals surface area (Å²) in [5.41, 5.74) is 6.57. The summed E-state index contributed by atoms with van der Waals surface area (Å²) in [6.45, 7) is 4.25. The fraction of sp³-hybridized carbons (Fsp3) is 0.462.